The maximum atomic E-state index is 2.48. The first-order chi connectivity index (χ1) is 28.7. The highest BCUT2D eigenvalue weighted by Gasteiger charge is 2.20. The molecule has 0 aliphatic rings. The zero-order chi connectivity index (χ0) is 37.9. The molecule has 2 heteroatoms. The fraction of sp³-hybridized carbons (Fsp3) is 0. The highest BCUT2D eigenvalue weighted by atomic mass is 32.1. The Labute approximate surface area is 342 Å². The molecule has 0 unspecified atom stereocenters. The van der Waals surface area contributed by atoms with E-state index in [2.05, 4.69) is 194 Å². The average molecular weight is 769 g/mol. The van der Waals surface area contributed by atoms with Gasteiger partial charge in [0.1, 0.15) is 0 Å². The Bertz CT molecular complexity index is 3800. The molecule has 0 nitrogen and oxygen atoms in total. The van der Waals surface area contributed by atoms with Crippen molar-refractivity contribution in [1.29, 1.82) is 0 Å². The second-order valence-corrected chi connectivity index (χ2v) is 17.6. The Morgan fingerprint density at radius 3 is 1.36 bits per heavy atom. The van der Waals surface area contributed by atoms with Gasteiger partial charge in [0.25, 0.3) is 0 Å². The lowest BCUT2D eigenvalue weighted by molar-refractivity contribution is 1.68. The van der Waals surface area contributed by atoms with Gasteiger partial charge in [0.15, 0.2) is 0 Å². The standard InChI is InChI=1S/C56H32S2/c1-2-12-34-30-38(25-21-33(34)11-1)52-41-14-3-5-16-43(41)53(44-17-6-4-15-42(44)52)39-26-23-35-29-37(24-22-36(35)31-39)48-32-49-45(54-47-18-8-10-20-51(47)58-56(48)54)27-28-46-40-13-7-9-19-50(40)57-55(46)49/h1-32H. The van der Waals surface area contributed by atoms with Gasteiger partial charge in [-0.25, -0.2) is 0 Å². The molecule has 0 aliphatic heterocycles. The molecule has 268 valence electrons. The molecule has 58 heavy (non-hydrogen) atoms. The molecule has 0 aliphatic carbocycles. The van der Waals surface area contributed by atoms with E-state index >= 15 is 0 Å². The highest BCUT2D eigenvalue weighted by Crippen LogP contribution is 2.49. The maximum Gasteiger partial charge on any atom is 0.0440 e. The molecular weight excluding hydrogens is 737 g/mol. The number of hydrogen-bond donors (Lipinski definition) is 0. The second-order valence-electron chi connectivity index (χ2n) is 15.5. The van der Waals surface area contributed by atoms with Crippen LogP contribution in [0.2, 0.25) is 0 Å². The largest absolute Gasteiger partial charge is 0.135 e. The summed E-state index contributed by atoms with van der Waals surface area (Å²) in [4.78, 5) is 0. The maximum absolute atomic E-state index is 2.48. The molecule has 0 bridgehead atoms. The van der Waals surface area contributed by atoms with Crippen LogP contribution in [0.5, 0.6) is 0 Å². The zero-order valence-corrected chi connectivity index (χ0v) is 32.9. The van der Waals surface area contributed by atoms with E-state index in [9.17, 15) is 0 Å². The first-order valence-corrected chi connectivity index (χ1v) is 21.5. The summed E-state index contributed by atoms with van der Waals surface area (Å²) >= 11 is 3.84. The minimum absolute atomic E-state index is 1.24. The van der Waals surface area contributed by atoms with Gasteiger partial charge in [-0.2, -0.15) is 0 Å². The Kier molecular flexibility index (Phi) is 6.86. The number of rotatable bonds is 3. The highest BCUT2D eigenvalue weighted by molar-refractivity contribution is 7.27. The summed E-state index contributed by atoms with van der Waals surface area (Å²) in [6.45, 7) is 0. The normalized spacial score (nSPS) is 12.1. The average Bonchev–Trinajstić information content (AvgIpc) is 3.87. The van der Waals surface area contributed by atoms with E-state index in [-0.39, 0.29) is 0 Å². The van der Waals surface area contributed by atoms with Gasteiger partial charge in [0, 0.05) is 51.3 Å². The molecule has 11 aromatic carbocycles. The lowest BCUT2D eigenvalue weighted by atomic mass is 9.85. The minimum Gasteiger partial charge on any atom is -0.135 e. The Morgan fingerprint density at radius 1 is 0.259 bits per heavy atom. The van der Waals surface area contributed by atoms with Crippen molar-refractivity contribution in [3.63, 3.8) is 0 Å². The van der Waals surface area contributed by atoms with E-state index in [1.54, 1.807) is 0 Å². The van der Waals surface area contributed by atoms with Crippen molar-refractivity contribution in [3.05, 3.63) is 194 Å². The lowest BCUT2D eigenvalue weighted by Crippen LogP contribution is -1.91. The summed E-state index contributed by atoms with van der Waals surface area (Å²) in [5.41, 5.74) is 7.63. The van der Waals surface area contributed by atoms with Crippen LogP contribution in [0.1, 0.15) is 0 Å². The van der Waals surface area contributed by atoms with Gasteiger partial charge in [0.2, 0.25) is 0 Å². The van der Waals surface area contributed by atoms with Gasteiger partial charge in [-0.05, 0) is 113 Å². The summed E-state index contributed by atoms with van der Waals surface area (Å²) in [6, 6.07) is 72.6. The third-order valence-electron chi connectivity index (χ3n) is 12.4. The van der Waals surface area contributed by atoms with Gasteiger partial charge < -0.3 is 0 Å². The van der Waals surface area contributed by atoms with Crippen LogP contribution in [0, 0.1) is 0 Å². The van der Waals surface area contributed by atoms with E-state index in [1.807, 2.05) is 22.7 Å². The fourth-order valence-corrected chi connectivity index (χ4v) is 12.2. The van der Waals surface area contributed by atoms with Crippen LogP contribution in [-0.4, -0.2) is 0 Å². The smallest absolute Gasteiger partial charge is 0.0440 e. The van der Waals surface area contributed by atoms with Crippen LogP contribution in [-0.2, 0) is 0 Å². The molecule has 0 spiro atoms. The molecule has 2 aromatic heterocycles. The van der Waals surface area contributed by atoms with Crippen LogP contribution in [0.25, 0.3) is 128 Å². The molecule has 0 saturated heterocycles. The van der Waals surface area contributed by atoms with Crippen LogP contribution < -0.4 is 0 Å². The molecule has 2 heterocycles. The van der Waals surface area contributed by atoms with Gasteiger partial charge in [-0.3, -0.25) is 0 Å². The number of thiophene rings is 2. The predicted octanol–water partition coefficient (Wildman–Crippen LogP) is 17.2. The summed E-state index contributed by atoms with van der Waals surface area (Å²) in [5.74, 6) is 0. The lowest BCUT2D eigenvalue weighted by Gasteiger charge is -2.18. The first-order valence-electron chi connectivity index (χ1n) is 19.9. The molecule has 0 radical (unpaired) electrons. The third kappa shape index (κ3) is 4.68. The third-order valence-corrected chi connectivity index (χ3v) is 14.8. The van der Waals surface area contributed by atoms with E-state index in [4.69, 9.17) is 0 Å². The summed E-state index contributed by atoms with van der Waals surface area (Å²) in [7, 11) is 0. The van der Waals surface area contributed by atoms with Crippen LogP contribution in [0.15, 0.2) is 194 Å². The van der Waals surface area contributed by atoms with Gasteiger partial charge in [-0.1, -0.05) is 158 Å². The molecular formula is C56H32S2. The SMILES string of the molecule is c1ccc2cc(-c3c4ccccc4c(-c4ccc5cc(-c6cc7c(ccc8c9ccccc9sc87)c7c6sc6ccccc67)ccc5c4)c4ccccc34)ccc2c1. The minimum atomic E-state index is 1.24. The molecule has 0 saturated carbocycles. The van der Waals surface area contributed by atoms with Crippen LogP contribution in [0.4, 0.5) is 0 Å². The van der Waals surface area contributed by atoms with E-state index < -0.39 is 0 Å². The first kappa shape index (κ1) is 32.3. The van der Waals surface area contributed by atoms with Crippen molar-refractivity contribution in [2.45, 2.75) is 0 Å². The van der Waals surface area contributed by atoms with Crippen LogP contribution in [0.3, 0.4) is 0 Å². The van der Waals surface area contributed by atoms with E-state index in [0.717, 1.165) is 0 Å². The zero-order valence-electron chi connectivity index (χ0n) is 31.3. The Morgan fingerprint density at radius 2 is 0.707 bits per heavy atom. The number of hydrogen-bond acceptors (Lipinski definition) is 2. The molecule has 13 aromatic rings. The van der Waals surface area contributed by atoms with Crippen molar-refractivity contribution in [2.24, 2.45) is 0 Å². The van der Waals surface area contributed by atoms with E-state index in [0.29, 0.717) is 0 Å². The molecule has 13 rings (SSSR count). The summed E-state index contributed by atoms with van der Waals surface area (Å²) in [6.07, 6.45) is 0. The van der Waals surface area contributed by atoms with Crippen molar-refractivity contribution in [3.8, 4) is 33.4 Å². The fourth-order valence-electron chi connectivity index (χ4n) is 9.76. The summed E-state index contributed by atoms with van der Waals surface area (Å²) in [5, 5.41) is 18.2. The quantitative estimate of drug-likeness (QED) is 0.157. The number of fused-ring (bicyclic) bond motifs is 13. The van der Waals surface area contributed by atoms with Crippen molar-refractivity contribution in [2.75, 3.05) is 0 Å². The van der Waals surface area contributed by atoms with Gasteiger partial charge >= 0.3 is 0 Å². The van der Waals surface area contributed by atoms with Crippen LogP contribution >= 0.6 is 22.7 Å². The van der Waals surface area contributed by atoms with Gasteiger partial charge in [0.05, 0.1) is 0 Å². The molecule has 0 atom stereocenters. The topological polar surface area (TPSA) is 0 Å². The van der Waals surface area contributed by atoms with E-state index in [1.165, 1.54) is 128 Å². The Balaban J connectivity index is 1.01. The molecule has 0 N–H and O–H groups in total. The van der Waals surface area contributed by atoms with Gasteiger partial charge in [-0.15, -0.1) is 22.7 Å². The predicted molar refractivity (Wildman–Crippen MR) is 256 cm³/mol. The number of benzene rings is 11. The Hall–Kier alpha value is -6.84. The van der Waals surface area contributed by atoms with Crippen molar-refractivity contribution < 1.29 is 0 Å². The molecule has 0 fully saturated rings. The van der Waals surface area contributed by atoms with Crippen molar-refractivity contribution in [1.82, 2.24) is 0 Å². The summed E-state index contributed by atoms with van der Waals surface area (Å²) < 4.78 is 5.40. The molecule has 0 amide bonds. The van der Waals surface area contributed by atoms with Crippen molar-refractivity contribution >= 4 is 117 Å². The second kappa shape index (κ2) is 12.3. The monoisotopic (exact) mass is 768 g/mol.